The zero-order valence-electron chi connectivity index (χ0n) is 14.0. The number of methoxy groups -OCH3 is 1. The van der Waals surface area contributed by atoms with Crippen molar-refractivity contribution < 1.29 is 9.53 Å². The highest BCUT2D eigenvalue weighted by Crippen LogP contribution is 2.31. The van der Waals surface area contributed by atoms with Crippen molar-refractivity contribution in [3.63, 3.8) is 0 Å². The van der Waals surface area contributed by atoms with E-state index >= 15 is 0 Å². The molecule has 1 atom stereocenters. The minimum atomic E-state index is -0.138. The Balaban J connectivity index is 1.78. The molecule has 3 aromatic rings. The molecule has 0 spiro atoms. The molecule has 4 rings (SSSR count). The molecule has 6 heteroatoms. The van der Waals surface area contributed by atoms with Gasteiger partial charge in [0.2, 0.25) is 0 Å². The number of nitrogens with zero attached hydrogens (tertiary/aromatic N) is 3. The van der Waals surface area contributed by atoms with E-state index in [1.165, 1.54) is 7.11 Å². The van der Waals surface area contributed by atoms with Gasteiger partial charge in [-0.15, -0.1) is 0 Å². The number of hydrogen-bond acceptors (Lipinski definition) is 6. The largest absolute Gasteiger partial charge is 0.469 e. The fourth-order valence-electron chi connectivity index (χ4n) is 3.35. The number of carbonyl (C=O) groups excluding carboxylic acids is 1. The molecule has 0 N–H and O–H groups in total. The lowest BCUT2D eigenvalue weighted by molar-refractivity contribution is -0.145. The maximum absolute atomic E-state index is 12.0. The van der Waals surface area contributed by atoms with E-state index in [-0.39, 0.29) is 11.9 Å². The fourth-order valence-corrected chi connectivity index (χ4v) is 3.98. The summed E-state index contributed by atoms with van der Waals surface area (Å²) in [5.41, 5.74) is 1.95. The second kappa shape index (κ2) is 6.80. The molecule has 3 heterocycles. The van der Waals surface area contributed by atoms with Crippen molar-refractivity contribution in [1.82, 2.24) is 9.97 Å². The van der Waals surface area contributed by atoms with Gasteiger partial charge >= 0.3 is 5.97 Å². The number of para-hydroxylation sites is 1. The van der Waals surface area contributed by atoms with Crippen LogP contribution in [0.25, 0.3) is 22.3 Å². The molecule has 1 fully saturated rings. The Morgan fingerprint density at radius 3 is 2.96 bits per heavy atom. The van der Waals surface area contributed by atoms with Gasteiger partial charge in [-0.25, -0.2) is 9.97 Å². The number of ether oxygens (including phenoxy) is 1. The molecule has 0 unspecified atom stereocenters. The smallest absolute Gasteiger partial charge is 0.310 e. The second-order valence-corrected chi connectivity index (χ2v) is 6.99. The van der Waals surface area contributed by atoms with Crippen molar-refractivity contribution in [3.05, 3.63) is 41.1 Å². The van der Waals surface area contributed by atoms with Gasteiger partial charge in [-0.05, 0) is 36.4 Å². The molecule has 25 heavy (non-hydrogen) atoms. The summed E-state index contributed by atoms with van der Waals surface area (Å²) in [5.74, 6) is 1.40. The average Bonchev–Trinajstić information content (AvgIpc) is 3.21. The highest BCUT2D eigenvalue weighted by molar-refractivity contribution is 7.08. The van der Waals surface area contributed by atoms with Crippen LogP contribution >= 0.6 is 11.3 Å². The molecule has 1 aliphatic heterocycles. The van der Waals surface area contributed by atoms with Crippen molar-refractivity contribution in [2.45, 2.75) is 12.8 Å². The van der Waals surface area contributed by atoms with Gasteiger partial charge in [-0.3, -0.25) is 4.79 Å². The summed E-state index contributed by atoms with van der Waals surface area (Å²) < 4.78 is 4.95. The van der Waals surface area contributed by atoms with Crippen LogP contribution in [0.4, 0.5) is 5.82 Å². The van der Waals surface area contributed by atoms with E-state index in [0.29, 0.717) is 6.54 Å². The van der Waals surface area contributed by atoms with Crippen LogP contribution in [0.5, 0.6) is 0 Å². The number of anilines is 1. The lowest BCUT2D eigenvalue weighted by atomic mass is 9.98. The maximum atomic E-state index is 12.0. The second-order valence-electron chi connectivity index (χ2n) is 6.21. The van der Waals surface area contributed by atoms with E-state index in [4.69, 9.17) is 14.7 Å². The molecule has 0 bridgehead atoms. The summed E-state index contributed by atoms with van der Waals surface area (Å²) >= 11 is 1.63. The fraction of sp³-hybridized carbons (Fsp3) is 0.316. The van der Waals surface area contributed by atoms with E-state index in [9.17, 15) is 4.79 Å². The van der Waals surface area contributed by atoms with Crippen molar-refractivity contribution >= 4 is 34.0 Å². The Hall–Kier alpha value is -2.47. The number of aromatic nitrogens is 2. The normalized spacial score (nSPS) is 17.6. The van der Waals surface area contributed by atoms with Crippen molar-refractivity contribution in [1.29, 1.82) is 0 Å². The molecular weight excluding hydrogens is 334 g/mol. The Morgan fingerprint density at radius 2 is 2.16 bits per heavy atom. The third kappa shape index (κ3) is 3.09. The summed E-state index contributed by atoms with van der Waals surface area (Å²) in [4.78, 5) is 23.8. The average molecular weight is 353 g/mol. The van der Waals surface area contributed by atoms with Gasteiger partial charge in [0.15, 0.2) is 5.82 Å². The predicted octanol–water partition coefficient (Wildman–Crippen LogP) is 3.75. The number of rotatable bonds is 3. The van der Waals surface area contributed by atoms with Gasteiger partial charge in [0.05, 0.1) is 18.5 Å². The van der Waals surface area contributed by atoms with E-state index < -0.39 is 0 Å². The number of fused-ring (bicyclic) bond motifs is 1. The highest BCUT2D eigenvalue weighted by atomic mass is 32.1. The van der Waals surface area contributed by atoms with Crippen LogP contribution in [0.15, 0.2) is 41.1 Å². The zero-order chi connectivity index (χ0) is 17.2. The quantitative estimate of drug-likeness (QED) is 0.671. The molecule has 2 aromatic heterocycles. The molecule has 128 valence electrons. The van der Waals surface area contributed by atoms with Gasteiger partial charge in [-0.2, -0.15) is 11.3 Å². The van der Waals surface area contributed by atoms with E-state index in [2.05, 4.69) is 10.3 Å². The van der Waals surface area contributed by atoms with E-state index in [1.807, 2.05) is 35.7 Å². The molecule has 1 aromatic carbocycles. The van der Waals surface area contributed by atoms with Crippen molar-refractivity contribution in [2.24, 2.45) is 5.92 Å². The summed E-state index contributed by atoms with van der Waals surface area (Å²) in [5, 5.41) is 5.11. The third-order valence-electron chi connectivity index (χ3n) is 4.62. The Morgan fingerprint density at radius 1 is 1.28 bits per heavy atom. The van der Waals surface area contributed by atoms with Crippen LogP contribution in [-0.4, -0.2) is 36.1 Å². The van der Waals surface area contributed by atoms with Gasteiger partial charge in [0.25, 0.3) is 0 Å². The topological polar surface area (TPSA) is 55.3 Å². The molecule has 0 radical (unpaired) electrons. The first-order chi connectivity index (χ1) is 12.3. The van der Waals surface area contributed by atoms with Crippen LogP contribution in [0, 0.1) is 5.92 Å². The summed E-state index contributed by atoms with van der Waals surface area (Å²) in [7, 11) is 1.45. The molecule has 1 saturated heterocycles. The van der Waals surface area contributed by atoms with Crippen LogP contribution < -0.4 is 4.90 Å². The molecule has 5 nitrogen and oxygen atoms in total. The molecular formula is C19H19N3O2S. The van der Waals surface area contributed by atoms with Crippen LogP contribution in [-0.2, 0) is 9.53 Å². The van der Waals surface area contributed by atoms with Gasteiger partial charge < -0.3 is 9.64 Å². The minimum absolute atomic E-state index is 0.0999. The van der Waals surface area contributed by atoms with E-state index in [0.717, 1.165) is 47.5 Å². The van der Waals surface area contributed by atoms with E-state index in [1.54, 1.807) is 11.3 Å². The van der Waals surface area contributed by atoms with Gasteiger partial charge in [0.1, 0.15) is 5.82 Å². The maximum Gasteiger partial charge on any atom is 0.310 e. The molecule has 0 saturated carbocycles. The first kappa shape index (κ1) is 16.0. The Labute approximate surface area is 150 Å². The van der Waals surface area contributed by atoms with Crippen LogP contribution in [0.1, 0.15) is 12.8 Å². The molecule has 1 aliphatic rings. The monoisotopic (exact) mass is 353 g/mol. The summed E-state index contributed by atoms with van der Waals surface area (Å²) in [6.07, 6.45) is 1.81. The number of esters is 1. The minimum Gasteiger partial charge on any atom is -0.469 e. The summed E-state index contributed by atoms with van der Waals surface area (Å²) in [6.45, 7) is 1.52. The lowest BCUT2D eigenvalue weighted by Gasteiger charge is -2.33. The summed E-state index contributed by atoms with van der Waals surface area (Å²) in [6, 6.07) is 10.1. The first-order valence-electron chi connectivity index (χ1n) is 8.38. The Kier molecular flexibility index (Phi) is 4.36. The van der Waals surface area contributed by atoms with Gasteiger partial charge in [-0.1, -0.05) is 12.1 Å². The van der Waals surface area contributed by atoms with Crippen LogP contribution in [0.3, 0.4) is 0 Å². The predicted molar refractivity (Wildman–Crippen MR) is 99.8 cm³/mol. The lowest BCUT2D eigenvalue weighted by Crippen LogP contribution is -2.39. The number of carbonyl (C=O) groups is 1. The van der Waals surface area contributed by atoms with Crippen molar-refractivity contribution in [2.75, 3.05) is 25.1 Å². The molecule has 0 amide bonds. The number of benzene rings is 1. The standard InChI is InChI=1S/C19H19N3O2S/c1-24-19(23)13-5-4-9-22(11-13)18-15-6-2-3-7-16(15)20-17(21-18)14-8-10-25-12-14/h2-3,6-8,10,12-13H,4-5,9,11H2,1H3/t13-/m0/s1. The van der Waals surface area contributed by atoms with Crippen LogP contribution in [0.2, 0.25) is 0 Å². The number of thiophene rings is 1. The third-order valence-corrected chi connectivity index (χ3v) is 5.30. The van der Waals surface area contributed by atoms with Crippen molar-refractivity contribution in [3.8, 4) is 11.4 Å². The number of hydrogen-bond donors (Lipinski definition) is 0. The van der Waals surface area contributed by atoms with Gasteiger partial charge in [0, 0.05) is 29.4 Å². The highest BCUT2D eigenvalue weighted by Gasteiger charge is 2.28. The SMILES string of the molecule is COC(=O)[C@H]1CCCN(c2nc(-c3ccsc3)nc3ccccc23)C1. The molecule has 0 aliphatic carbocycles. The number of piperidine rings is 1. The zero-order valence-corrected chi connectivity index (χ0v) is 14.8. The first-order valence-corrected chi connectivity index (χ1v) is 9.32. The Bertz CT molecular complexity index is 895.